The summed E-state index contributed by atoms with van der Waals surface area (Å²) in [4.78, 5) is 11.2. The van der Waals surface area contributed by atoms with E-state index in [9.17, 15) is 5.11 Å². The lowest BCUT2D eigenvalue weighted by Crippen LogP contribution is -2.25. The van der Waals surface area contributed by atoms with Gasteiger partial charge in [0.05, 0.1) is 0 Å². The first-order valence-corrected chi connectivity index (χ1v) is 8.11. The Labute approximate surface area is 135 Å². The number of hydrogen-bond acceptors (Lipinski definition) is 4. The monoisotopic (exact) mass is 317 g/mol. The Morgan fingerprint density at radius 2 is 2.05 bits per heavy atom. The number of phenols is 1. The molecule has 1 aliphatic rings. The highest BCUT2D eigenvalue weighted by Crippen LogP contribution is 2.39. The quantitative estimate of drug-likeness (QED) is 0.814. The topological polar surface area (TPSA) is 49.2 Å². The van der Waals surface area contributed by atoms with Gasteiger partial charge in [-0.15, -0.1) is 0 Å². The van der Waals surface area contributed by atoms with Crippen molar-refractivity contribution in [3.05, 3.63) is 46.9 Å². The second-order valence-corrected chi connectivity index (χ2v) is 6.12. The van der Waals surface area contributed by atoms with Gasteiger partial charge in [0.15, 0.2) is 0 Å². The Morgan fingerprint density at radius 1 is 1.27 bits per heavy atom. The van der Waals surface area contributed by atoms with Gasteiger partial charge >= 0.3 is 0 Å². The predicted octanol–water partition coefficient (Wildman–Crippen LogP) is 4.13. The second-order valence-electron chi connectivity index (χ2n) is 5.73. The van der Waals surface area contributed by atoms with Crippen molar-refractivity contribution < 1.29 is 5.11 Å². The van der Waals surface area contributed by atoms with Gasteiger partial charge < -0.3 is 10.0 Å². The Kier molecular flexibility index (Phi) is 4.48. The number of nitrogens with zero attached hydrogens (tertiary/aromatic N) is 3. The summed E-state index contributed by atoms with van der Waals surface area (Å²) in [6, 6.07) is 9.21. The Hall–Kier alpha value is -1.81. The molecule has 1 heterocycles. The highest BCUT2D eigenvalue weighted by atomic mass is 35.5. The van der Waals surface area contributed by atoms with Crippen LogP contribution < -0.4 is 4.90 Å². The molecule has 22 heavy (non-hydrogen) atoms. The zero-order valence-electron chi connectivity index (χ0n) is 12.7. The van der Waals surface area contributed by atoms with Gasteiger partial charge in [-0.25, -0.2) is 9.97 Å². The minimum absolute atomic E-state index is 0.311. The molecule has 1 fully saturated rings. The van der Waals surface area contributed by atoms with Gasteiger partial charge in [-0.05, 0) is 25.3 Å². The smallest absolute Gasteiger partial charge is 0.135 e. The van der Waals surface area contributed by atoms with E-state index >= 15 is 0 Å². The molecular formula is C17H20ClN3O. The van der Waals surface area contributed by atoms with E-state index < -0.39 is 0 Å². The number of para-hydroxylation sites is 1. The lowest BCUT2D eigenvalue weighted by atomic mass is 10.2. The van der Waals surface area contributed by atoms with Crippen LogP contribution in [0.25, 0.3) is 0 Å². The van der Waals surface area contributed by atoms with Crippen molar-refractivity contribution in [1.29, 1.82) is 0 Å². The Morgan fingerprint density at radius 3 is 2.73 bits per heavy atom. The van der Waals surface area contributed by atoms with Crippen molar-refractivity contribution in [2.75, 3.05) is 11.4 Å². The van der Waals surface area contributed by atoms with E-state index in [1.807, 2.05) is 24.3 Å². The number of benzene rings is 1. The van der Waals surface area contributed by atoms with Crippen molar-refractivity contribution >= 4 is 17.4 Å². The van der Waals surface area contributed by atoms with Crippen molar-refractivity contribution in [1.82, 2.24) is 9.97 Å². The van der Waals surface area contributed by atoms with Gasteiger partial charge in [-0.2, -0.15) is 0 Å². The van der Waals surface area contributed by atoms with Crippen LogP contribution in [0.4, 0.5) is 5.82 Å². The van der Waals surface area contributed by atoms with Crippen LogP contribution in [0.1, 0.15) is 43.5 Å². The van der Waals surface area contributed by atoms with E-state index in [0.717, 1.165) is 43.0 Å². The summed E-state index contributed by atoms with van der Waals surface area (Å²) in [5, 5.41) is 10.5. The molecule has 0 radical (unpaired) electrons. The van der Waals surface area contributed by atoms with Gasteiger partial charge in [-0.1, -0.05) is 36.7 Å². The number of rotatable bonds is 6. The number of aromatic hydroxyl groups is 1. The van der Waals surface area contributed by atoms with Crippen molar-refractivity contribution in [3.8, 4) is 5.75 Å². The molecule has 0 spiro atoms. The lowest BCUT2D eigenvalue weighted by Gasteiger charge is -2.24. The van der Waals surface area contributed by atoms with E-state index in [1.54, 1.807) is 6.07 Å². The molecule has 5 heteroatoms. The van der Waals surface area contributed by atoms with E-state index in [4.69, 9.17) is 11.6 Å². The van der Waals surface area contributed by atoms with Crippen molar-refractivity contribution in [3.63, 3.8) is 0 Å². The Bertz CT molecular complexity index is 658. The molecular weight excluding hydrogens is 298 g/mol. The highest BCUT2D eigenvalue weighted by Gasteiger charge is 2.27. The van der Waals surface area contributed by atoms with Crippen LogP contribution in [-0.4, -0.2) is 21.6 Å². The first-order valence-electron chi connectivity index (χ1n) is 7.73. The fourth-order valence-electron chi connectivity index (χ4n) is 2.50. The molecule has 0 saturated heterocycles. The van der Waals surface area contributed by atoms with E-state index in [-0.39, 0.29) is 0 Å². The molecule has 1 N–H and O–H groups in total. The maximum Gasteiger partial charge on any atom is 0.135 e. The zero-order valence-corrected chi connectivity index (χ0v) is 13.4. The summed E-state index contributed by atoms with van der Waals surface area (Å²) >= 11 is 6.17. The van der Waals surface area contributed by atoms with Gasteiger partial charge in [-0.3, -0.25) is 0 Å². The molecule has 1 saturated carbocycles. The third-order valence-corrected chi connectivity index (χ3v) is 4.01. The SMILES string of the molecule is CCCN(Cc1ccccc1O)c1cc(Cl)nc(C2CC2)n1. The molecule has 1 aromatic carbocycles. The number of hydrogen-bond donors (Lipinski definition) is 1. The number of halogens is 1. The first-order chi connectivity index (χ1) is 10.7. The predicted molar refractivity (Wildman–Crippen MR) is 88.5 cm³/mol. The fourth-order valence-corrected chi connectivity index (χ4v) is 2.69. The molecule has 0 unspecified atom stereocenters. The maximum absolute atomic E-state index is 10.00. The van der Waals surface area contributed by atoms with Gasteiger partial charge in [0.1, 0.15) is 22.5 Å². The summed E-state index contributed by atoms with van der Waals surface area (Å²) in [7, 11) is 0. The minimum Gasteiger partial charge on any atom is -0.508 e. The van der Waals surface area contributed by atoms with Gasteiger partial charge in [0.25, 0.3) is 0 Å². The molecule has 3 rings (SSSR count). The molecule has 0 bridgehead atoms. The summed E-state index contributed by atoms with van der Waals surface area (Å²) in [5.41, 5.74) is 0.888. The average Bonchev–Trinajstić information content (AvgIpc) is 3.33. The minimum atomic E-state index is 0.311. The third-order valence-electron chi connectivity index (χ3n) is 3.81. The van der Waals surface area contributed by atoms with Crippen molar-refractivity contribution in [2.24, 2.45) is 0 Å². The maximum atomic E-state index is 10.00. The summed E-state index contributed by atoms with van der Waals surface area (Å²) < 4.78 is 0. The fraction of sp³-hybridized carbons (Fsp3) is 0.412. The lowest BCUT2D eigenvalue weighted by molar-refractivity contribution is 0.467. The second kappa shape index (κ2) is 6.53. The molecule has 0 amide bonds. The normalized spacial score (nSPS) is 14.1. The molecule has 116 valence electrons. The molecule has 2 aromatic rings. The molecule has 4 nitrogen and oxygen atoms in total. The highest BCUT2D eigenvalue weighted by molar-refractivity contribution is 6.29. The standard InChI is InChI=1S/C17H20ClN3O/c1-2-9-21(11-13-5-3-4-6-14(13)22)16-10-15(18)19-17(20-16)12-7-8-12/h3-6,10,12,22H,2,7-9,11H2,1H3. The Balaban J connectivity index is 1.88. The summed E-state index contributed by atoms with van der Waals surface area (Å²) in [5.74, 6) is 2.46. The van der Waals surface area contributed by atoms with Gasteiger partial charge in [0.2, 0.25) is 0 Å². The third kappa shape index (κ3) is 3.50. The largest absolute Gasteiger partial charge is 0.508 e. The van der Waals surface area contributed by atoms with Crippen molar-refractivity contribution in [2.45, 2.75) is 38.6 Å². The van der Waals surface area contributed by atoms with Crippen LogP contribution in [0.15, 0.2) is 30.3 Å². The summed E-state index contributed by atoms with van der Waals surface area (Å²) in [6.07, 6.45) is 3.29. The average molecular weight is 318 g/mol. The van der Waals surface area contributed by atoms with E-state index in [2.05, 4.69) is 21.8 Å². The number of phenolic OH excluding ortho intramolecular Hbond substituents is 1. The molecule has 1 aromatic heterocycles. The molecule has 1 aliphatic carbocycles. The van der Waals surface area contributed by atoms with Crippen LogP contribution >= 0.6 is 11.6 Å². The van der Waals surface area contributed by atoms with Crippen LogP contribution in [0.2, 0.25) is 5.15 Å². The van der Waals surface area contributed by atoms with Crippen LogP contribution in [0.5, 0.6) is 5.75 Å². The van der Waals surface area contributed by atoms with Crippen LogP contribution in [-0.2, 0) is 6.54 Å². The van der Waals surface area contributed by atoms with E-state index in [0.29, 0.717) is 23.4 Å². The number of anilines is 1. The zero-order chi connectivity index (χ0) is 15.5. The summed E-state index contributed by atoms with van der Waals surface area (Å²) in [6.45, 7) is 3.59. The van der Waals surface area contributed by atoms with Crippen LogP contribution in [0, 0.1) is 0 Å². The molecule has 0 aliphatic heterocycles. The number of aromatic nitrogens is 2. The van der Waals surface area contributed by atoms with Crippen LogP contribution in [0.3, 0.4) is 0 Å². The van der Waals surface area contributed by atoms with E-state index in [1.165, 1.54) is 0 Å². The molecule has 0 atom stereocenters. The van der Waals surface area contributed by atoms with Gasteiger partial charge in [0, 0.05) is 30.6 Å². The first kappa shape index (κ1) is 15.1.